The van der Waals surface area contributed by atoms with Crippen LogP contribution in [0.3, 0.4) is 0 Å². The number of carbonyl (C=O) groups is 2. The SMILES string of the molecule is CC(=O)N/C(=C/c1ccccc1)C(=O)Nc1ccc(Br)cc1. The summed E-state index contributed by atoms with van der Waals surface area (Å²) in [7, 11) is 0. The van der Waals surface area contributed by atoms with Gasteiger partial charge in [0.2, 0.25) is 5.91 Å². The highest BCUT2D eigenvalue weighted by Gasteiger charge is 2.11. The maximum atomic E-state index is 12.3. The predicted octanol–water partition coefficient (Wildman–Crippen LogP) is 3.56. The molecular weight excluding hydrogens is 344 g/mol. The van der Waals surface area contributed by atoms with E-state index >= 15 is 0 Å². The predicted molar refractivity (Wildman–Crippen MR) is 91.0 cm³/mol. The molecule has 0 unspecified atom stereocenters. The first-order valence-corrected chi connectivity index (χ1v) is 7.45. The van der Waals surface area contributed by atoms with E-state index in [1.807, 2.05) is 42.5 Å². The van der Waals surface area contributed by atoms with Gasteiger partial charge in [-0.1, -0.05) is 46.3 Å². The van der Waals surface area contributed by atoms with Gasteiger partial charge in [-0.25, -0.2) is 0 Å². The molecule has 4 nitrogen and oxygen atoms in total. The van der Waals surface area contributed by atoms with Gasteiger partial charge in [0, 0.05) is 17.1 Å². The maximum Gasteiger partial charge on any atom is 0.272 e. The number of benzene rings is 2. The quantitative estimate of drug-likeness (QED) is 0.820. The first-order chi connectivity index (χ1) is 10.5. The summed E-state index contributed by atoms with van der Waals surface area (Å²) in [5.74, 6) is -0.672. The van der Waals surface area contributed by atoms with Crippen LogP contribution in [0.4, 0.5) is 5.69 Å². The van der Waals surface area contributed by atoms with E-state index < -0.39 is 0 Å². The van der Waals surface area contributed by atoms with E-state index in [0.717, 1.165) is 10.0 Å². The molecular formula is C17H15BrN2O2. The van der Waals surface area contributed by atoms with Gasteiger partial charge in [0.25, 0.3) is 5.91 Å². The molecule has 0 aliphatic heterocycles. The molecule has 0 saturated carbocycles. The molecule has 2 amide bonds. The Kier molecular flexibility index (Phi) is 5.49. The summed E-state index contributed by atoms with van der Waals surface area (Å²) in [6, 6.07) is 16.5. The monoisotopic (exact) mass is 358 g/mol. The van der Waals surface area contributed by atoms with Crippen LogP contribution in [0.5, 0.6) is 0 Å². The van der Waals surface area contributed by atoms with Crippen LogP contribution >= 0.6 is 15.9 Å². The number of halogens is 1. The molecule has 0 spiro atoms. The van der Waals surface area contributed by atoms with E-state index in [1.165, 1.54) is 6.92 Å². The first-order valence-electron chi connectivity index (χ1n) is 6.66. The molecule has 0 atom stereocenters. The third kappa shape index (κ3) is 4.86. The zero-order valence-corrected chi connectivity index (χ0v) is 13.6. The lowest BCUT2D eigenvalue weighted by molar-refractivity contribution is -0.120. The second-order valence-electron chi connectivity index (χ2n) is 4.61. The molecule has 2 aromatic carbocycles. The molecule has 0 aromatic heterocycles. The van der Waals surface area contributed by atoms with Crippen molar-refractivity contribution in [1.82, 2.24) is 5.32 Å². The van der Waals surface area contributed by atoms with Crippen LogP contribution in [0, 0.1) is 0 Å². The molecule has 5 heteroatoms. The smallest absolute Gasteiger partial charge is 0.272 e. The summed E-state index contributed by atoms with van der Waals surface area (Å²) >= 11 is 3.34. The van der Waals surface area contributed by atoms with Crippen molar-refractivity contribution in [2.24, 2.45) is 0 Å². The normalized spacial score (nSPS) is 10.9. The van der Waals surface area contributed by atoms with E-state index in [4.69, 9.17) is 0 Å². The molecule has 0 bridgehead atoms. The van der Waals surface area contributed by atoms with Gasteiger partial charge >= 0.3 is 0 Å². The van der Waals surface area contributed by atoms with Crippen molar-refractivity contribution in [3.63, 3.8) is 0 Å². The molecule has 0 heterocycles. The molecule has 0 aliphatic carbocycles. The fourth-order valence-corrected chi connectivity index (χ4v) is 2.06. The Morgan fingerprint density at radius 3 is 2.23 bits per heavy atom. The molecule has 2 rings (SSSR count). The van der Waals surface area contributed by atoms with Crippen molar-refractivity contribution in [3.8, 4) is 0 Å². The van der Waals surface area contributed by atoms with Gasteiger partial charge in [0.15, 0.2) is 0 Å². The minimum absolute atomic E-state index is 0.196. The highest BCUT2D eigenvalue weighted by molar-refractivity contribution is 9.10. The summed E-state index contributed by atoms with van der Waals surface area (Å²) in [6.07, 6.45) is 1.63. The number of anilines is 1. The highest BCUT2D eigenvalue weighted by atomic mass is 79.9. The number of amides is 2. The number of hydrogen-bond donors (Lipinski definition) is 2. The maximum absolute atomic E-state index is 12.3. The minimum atomic E-state index is -0.374. The van der Waals surface area contributed by atoms with Crippen LogP contribution < -0.4 is 10.6 Å². The lowest BCUT2D eigenvalue weighted by atomic mass is 10.2. The molecule has 0 fully saturated rings. The van der Waals surface area contributed by atoms with Crippen LogP contribution in [-0.4, -0.2) is 11.8 Å². The van der Waals surface area contributed by atoms with E-state index in [-0.39, 0.29) is 17.5 Å². The van der Waals surface area contributed by atoms with Gasteiger partial charge in [0.1, 0.15) is 5.70 Å². The summed E-state index contributed by atoms with van der Waals surface area (Å²) in [4.78, 5) is 23.6. The van der Waals surface area contributed by atoms with E-state index in [2.05, 4.69) is 26.6 Å². The van der Waals surface area contributed by atoms with Crippen molar-refractivity contribution < 1.29 is 9.59 Å². The fourth-order valence-electron chi connectivity index (χ4n) is 1.80. The van der Waals surface area contributed by atoms with Gasteiger partial charge in [-0.3, -0.25) is 9.59 Å². The van der Waals surface area contributed by atoms with Crippen molar-refractivity contribution in [3.05, 3.63) is 70.3 Å². The average Bonchev–Trinajstić information content (AvgIpc) is 2.49. The number of rotatable bonds is 4. The molecule has 0 radical (unpaired) electrons. The van der Waals surface area contributed by atoms with E-state index in [0.29, 0.717) is 5.69 Å². The largest absolute Gasteiger partial charge is 0.322 e. The highest BCUT2D eigenvalue weighted by Crippen LogP contribution is 2.15. The Bertz CT molecular complexity index is 694. The lowest BCUT2D eigenvalue weighted by Crippen LogP contribution is -2.28. The van der Waals surface area contributed by atoms with Crippen LogP contribution in [0.25, 0.3) is 6.08 Å². The fraction of sp³-hybridized carbons (Fsp3) is 0.0588. The molecule has 0 saturated heterocycles. The molecule has 112 valence electrons. The molecule has 2 aromatic rings. The second-order valence-corrected chi connectivity index (χ2v) is 5.53. The van der Waals surface area contributed by atoms with E-state index in [1.54, 1.807) is 18.2 Å². The van der Waals surface area contributed by atoms with Crippen molar-refractivity contribution in [2.45, 2.75) is 6.92 Å². The van der Waals surface area contributed by atoms with Crippen molar-refractivity contribution in [2.75, 3.05) is 5.32 Å². The van der Waals surface area contributed by atoms with Crippen molar-refractivity contribution in [1.29, 1.82) is 0 Å². The van der Waals surface area contributed by atoms with Gasteiger partial charge in [0.05, 0.1) is 0 Å². The van der Waals surface area contributed by atoms with Crippen LogP contribution in [-0.2, 0) is 9.59 Å². The topological polar surface area (TPSA) is 58.2 Å². The Balaban J connectivity index is 2.21. The standard InChI is InChI=1S/C17H15BrN2O2/c1-12(21)19-16(11-13-5-3-2-4-6-13)17(22)20-15-9-7-14(18)8-10-15/h2-11H,1H3,(H,19,21)(H,20,22)/b16-11+. The Morgan fingerprint density at radius 2 is 1.64 bits per heavy atom. The number of carbonyl (C=O) groups excluding carboxylic acids is 2. The Morgan fingerprint density at radius 1 is 1.00 bits per heavy atom. The van der Waals surface area contributed by atoms with Gasteiger partial charge in [-0.15, -0.1) is 0 Å². The summed E-state index contributed by atoms with van der Waals surface area (Å²) in [5, 5.41) is 5.31. The van der Waals surface area contributed by atoms with Gasteiger partial charge in [-0.2, -0.15) is 0 Å². The van der Waals surface area contributed by atoms with E-state index in [9.17, 15) is 9.59 Å². The van der Waals surface area contributed by atoms with Crippen LogP contribution in [0.2, 0.25) is 0 Å². The number of nitrogens with one attached hydrogen (secondary N) is 2. The summed E-state index contributed by atoms with van der Waals surface area (Å²) in [5.41, 5.74) is 1.68. The minimum Gasteiger partial charge on any atom is -0.322 e. The molecule has 2 N–H and O–H groups in total. The van der Waals surface area contributed by atoms with Crippen LogP contribution in [0.1, 0.15) is 12.5 Å². The first kappa shape index (κ1) is 16.0. The third-order valence-corrected chi connectivity index (χ3v) is 3.30. The Labute approximate surface area is 137 Å². The second kappa shape index (κ2) is 7.56. The van der Waals surface area contributed by atoms with Crippen molar-refractivity contribution >= 4 is 39.5 Å². The van der Waals surface area contributed by atoms with Gasteiger partial charge in [-0.05, 0) is 35.9 Å². The molecule has 22 heavy (non-hydrogen) atoms. The summed E-state index contributed by atoms with van der Waals surface area (Å²) in [6.45, 7) is 1.37. The zero-order valence-electron chi connectivity index (χ0n) is 12.0. The molecule has 0 aliphatic rings. The van der Waals surface area contributed by atoms with Gasteiger partial charge < -0.3 is 10.6 Å². The zero-order chi connectivity index (χ0) is 15.9. The van der Waals surface area contributed by atoms with Crippen LogP contribution in [0.15, 0.2) is 64.8 Å². The Hall–Kier alpha value is -2.40. The summed E-state index contributed by atoms with van der Waals surface area (Å²) < 4.78 is 0.924. The lowest BCUT2D eigenvalue weighted by Gasteiger charge is -2.10. The number of hydrogen-bond acceptors (Lipinski definition) is 2. The third-order valence-electron chi connectivity index (χ3n) is 2.77. The average molecular weight is 359 g/mol.